The second-order valence-electron chi connectivity index (χ2n) is 4.50. The van der Waals surface area contributed by atoms with Gasteiger partial charge in [0.05, 0.1) is 6.07 Å². The van der Waals surface area contributed by atoms with Gasteiger partial charge in [0.1, 0.15) is 12.2 Å². The molecule has 2 aliphatic heterocycles. The van der Waals surface area contributed by atoms with E-state index in [-0.39, 0.29) is 12.0 Å². The zero-order chi connectivity index (χ0) is 11.2. The standard InChI is InChI=1S/C10H15NO4/c1-5-7(6(12)4-11)13-9-8(5)14-10(2,3)15-9/h5-9,12H,1-3H3/t5-,6+,7+,8?,9-/m1/s1. The minimum Gasteiger partial charge on any atom is -0.375 e. The first-order chi connectivity index (χ1) is 6.94. The summed E-state index contributed by atoms with van der Waals surface area (Å²) >= 11 is 0. The Morgan fingerprint density at radius 3 is 2.60 bits per heavy atom. The first-order valence-corrected chi connectivity index (χ1v) is 5.03. The van der Waals surface area contributed by atoms with Crippen molar-refractivity contribution in [3.05, 3.63) is 0 Å². The predicted molar refractivity (Wildman–Crippen MR) is 49.5 cm³/mol. The highest BCUT2D eigenvalue weighted by atomic mass is 16.8. The Hall–Kier alpha value is -0.670. The third kappa shape index (κ3) is 1.74. The third-order valence-corrected chi connectivity index (χ3v) is 2.86. The van der Waals surface area contributed by atoms with Crippen molar-refractivity contribution in [3.63, 3.8) is 0 Å². The number of hydrogen-bond donors (Lipinski definition) is 1. The van der Waals surface area contributed by atoms with Gasteiger partial charge in [0, 0.05) is 5.92 Å². The van der Waals surface area contributed by atoms with E-state index >= 15 is 0 Å². The van der Waals surface area contributed by atoms with Gasteiger partial charge in [-0.25, -0.2) is 0 Å². The van der Waals surface area contributed by atoms with Crippen molar-refractivity contribution < 1.29 is 19.3 Å². The molecule has 0 aromatic heterocycles. The lowest BCUT2D eigenvalue weighted by Gasteiger charge is -2.23. The van der Waals surface area contributed by atoms with Crippen LogP contribution in [-0.4, -0.2) is 35.5 Å². The van der Waals surface area contributed by atoms with Gasteiger partial charge in [-0.3, -0.25) is 0 Å². The molecule has 0 bridgehead atoms. The van der Waals surface area contributed by atoms with Crippen LogP contribution < -0.4 is 0 Å². The summed E-state index contributed by atoms with van der Waals surface area (Å²) in [7, 11) is 0. The minimum absolute atomic E-state index is 0.0496. The molecule has 1 N–H and O–H groups in total. The Bertz CT molecular complexity index is 298. The molecule has 2 aliphatic rings. The zero-order valence-electron chi connectivity index (χ0n) is 9.01. The lowest BCUT2D eigenvalue weighted by molar-refractivity contribution is -0.216. The molecule has 0 amide bonds. The Balaban J connectivity index is 2.09. The van der Waals surface area contributed by atoms with Crippen molar-refractivity contribution >= 4 is 0 Å². The molecule has 2 saturated heterocycles. The zero-order valence-corrected chi connectivity index (χ0v) is 9.01. The van der Waals surface area contributed by atoms with Gasteiger partial charge >= 0.3 is 0 Å². The van der Waals surface area contributed by atoms with Crippen LogP contribution in [0.3, 0.4) is 0 Å². The van der Waals surface area contributed by atoms with Crippen LogP contribution in [0, 0.1) is 17.2 Å². The molecule has 0 spiro atoms. The Morgan fingerprint density at radius 2 is 2.07 bits per heavy atom. The molecule has 2 fully saturated rings. The molecule has 5 nitrogen and oxygen atoms in total. The number of rotatable bonds is 1. The van der Waals surface area contributed by atoms with Crippen molar-refractivity contribution in [2.75, 3.05) is 0 Å². The molecule has 0 aromatic rings. The van der Waals surface area contributed by atoms with E-state index in [1.807, 2.05) is 20.8 Å². The largest absolute Gasteiger partial charge is 0.375 e. The number of aliphatic hydroxyl groups is 1. The lowest BCUT2D eigenvalue weighted by atomic mass is 9.97. The summed E-state index contributed by atoms with van der Waals surface area (Å²) in [4.78, 5) is 0. The molecule has 0 radical (unpaired) electrons. The average molecular weight is 213 g/mol. The van der Waals surface area contributed by atoms with Crippen molar-refractivity contribution in [2.45, 2.75) is 51.2 Å². The molecule has 15 heavy (non-hydrogen) atoms. The maximum atomic E-state index is 9.42. The van der Waals surface area contributed by atoms with Gasteiger partial charge in [-0.05, 0) is 13.8 Å². The van der Waals surface area contributed by atoms with E-state index in [2.05, 4.69) is 0 Å². The van der Waals surface area contributed by atoms with E-state index in [0.29, 0.717) is 0 Å². The summed E-state index contributed by atoms with van der Waals surface area (Å²) in [6.45, 7) is 5.52. The summed E-state index contributed by atoms with van der Waals surface area (Å²) in [6.07, 6.45) is -2.32. The predicted octanol–water partition coefficient (Wildman–Crippen LogP) is 0.383. The molecular weight excluding hydrogens is 198 g/mol. The van der Waals surface area contributed by atoms with Gasteiger partial charge in [-0.2, -0.15) is 5.26 Å². The van der Waals surface area contributed by atoms with Crippen molar-refractivity contribution in [2.24, 2.45) is 5.92 Å². The Kier molecular flexibility index (Phi) is 2.47. The normalized spacial score (nSPS) is 44.7. The molecular formula is C10H15NO4. The summed E-state index contributed by atoms with van der Waals surface area (Å²) in [5.41, 5.74) is 0. The molecule has 5 atom stereocenters. The van der Waals surface area contributed by atoms with Crippen LogP contribution in [-0.2, 0) is 14.2 Å². The summed E-state index contributed by atoms with van der Waals surface area (Å²) < 4.78 is 16.6. The minimum atomic E-state index is -1.12. The van der Waals surface area contributed by atoms with E-state index in [0.717, 1.165) is 0 Å². The molecule has 2 heterocycles. The Labute approximate surface area is 88.5 Å². The molecule has 1 unspecified atom stereocenters. The van der Waals surface area contributed by atoms with E-state index < -0.39 is 24.3 Å². The van der Waals surface area contributed by atoms with Crippen LogP contribution in [0.1, 0.15) is 20.8 Å². The van der Waals surface area contributed by atoms with Crippen LogP contribution in [0.15, 0.2) is 0 Å². The SMILES string of the molecule is C[C@H]1C2OC(C)(C)O[C@H]2O[C@@H]1[C@@H](O)C#N. The number of hydrogen-bond acceptors (Lipinski definition) is 5. The molecule has 0 aromatic carbocycles. The van der Waals surface area contributed by atoms with Gasteiger partial charge in [0.2, 0.25) is 0 Å². The monoisotopic (exact) mass is 213 g/mol. The summed E-state index contributed by atoms with van der Waals surface area (Å²) in [5, 5.41) is 18.0. The van der Waals surface area contributed by atoms with Gasteiger partial charge in [0.25, 0.3) is 0 Å². The molecule has 0 aliphatic carbocycles. The van der Waals surface area contributed by atoms with Crippen molar-refractivity contribution in [1.82, 2.24) is 0 Å². The second-order valence-corrected chi connectivity index (χ2v) is 4.50. The lowest BCUT2D eigenvalue weighted by Crippen LogP contribution is -2.34. The van der Waals surface area contributed by atoms with E-state index in [1.165, 1.54) is 0 Å². The summed E-state index contributed by atoms with van der Waals surface area (Å²) in [5.74, 6) is -0.696. The second kappa shape index (κ2) is 3.42. The third-order valence-electron chi connectivity index (χ3n) is 2.86. The fourth-order valence-electron chi connectivity index (χ4n) is 2.12. The highest BCUT2D eigenvalue weighted by molar-refractivity contribution is 4.99. The van der Waals surface area contributed by atoms with E-state index in [4.69, 9.17) is 19.5 Å². The fraction of sp³-hybridized carbons (Fsp3) is 0.900. The van der Waals surface area contributed by atoms with Crippen LogP contribution in [0.5, 0.6) is 0 Å². The first kappa shape index (κ1) is 10.8. The molecule has 84 valence electrons. The van der Waals surface area contributed by atoms with Gasteiger partial charge in [0.15, 0.2) is 18.2 Å². The van der Waals surface area contributed by atoms with E-state index in [9.17, 15) is 5.11 Å². The molecule has 0 saturated carbocycles. The summed E-state index contributed by atoms with van der Waals surface area (Å²) in [6, 6.07) is 1.77. The van der Waals surface area contributed by atoms with Crippen LogP contribution in [0.25, 0.3) is 0 Å². The quantitative estimate of drug-likeness (QED) is 0.638. The van der Waals surface area contributed by atoms with Gasteiger partial charge in [-0.15, -0.1) is 0 Å². The van der Waals surface area contributed by atoms with Crippen LogP contribution >= 0.6 is 0 Å². The topological polar surface area (TPSA) is 71.7 Å². The molecule has 5 heteroatoms. The maximum absolute atomic E-state index is 9.42. The number of nitriles is 1. The van der Waals surface area contributed by atoms with Crippen molar-refractivity contribution in [1.29, 1.82) is 5.26 Å². The van der Waals surface area contributed by atoms with Crippen molar-refractivity contribution in [3.8, 4) is 6.07 Å². The number of aliphatic hydroxyl groups excluding tert-OH is 1. The fourth-order valence-corrected chi connectivity index (χ4v) is 2.12. The highest BCUT2D eigenvalue weighted by Gasteiger charge is 2.54. The van der Waals surface area contributed by atoms with Gasteiger partial charge < -0.3 is 19.3 Å². The Morgan fingerprint density at radius 1 is 1.40 bits per heavy atom. The van der Waals surface area contributed by atoms with Crippen LogP contribution in [0.4, 0.5) is 0 Å². The van der Waals surface area contributed by atoms with E-state index in [1.54, 1.807) is 6.07 Å². The molecule has 2 rings (SSSR count). The highest BCUT2D eigenvalue weighted by Crippen LogP contribution is 2.41. The van der Waals surface area contributed by atoms with Crippen LogP contribution in [0.2, 0.25) is 0 Å². The first-order valence-electron chi connectivity index (χ1n) is 5.03. The van der Waals surface area contributed by atoms with Gasteiger partial charge in [-0.1, -0.05) is 6.92 Å². The maximum Gasteiger partial charge on any atom is 0.188 e. The number of fused-ring (bicyclic) bond motifs is 1. The smallest absolute Gasteiger partial charge is 0.188 e. The average Bonchev–Trinajstić information content (AvgIpc) is 2.60. The number of ether oxygens (including phenoxy) is 3. The number of nitrogens with zero attached hydrogens (tertiary/aromatic N) is 1.